The molecule has 0 aromatic heterocycles. The Labute approximate surface area is 172 Å². The molecule has 2 N–H and O–H groups in total. The summed E-state index contributed by atoms with van der Waals surface area (Å²) in [5.41, 5.74) is 2.80. The van der Waals surface area contributed by atoms with Crippen molar-refractivity contribution in [2.24, 2.45) is 5.92 Å². The van der Waals surface area contributed by atoms with Crippen LogP contribution in [0.5, 0.6) is 5.75 Å². The number of methoxy groups -OCH3 is 1. The minimum Gasteiger partial charge on any atom is -0.497 e. The summed E-state index contributed by atoms with van der Waals surface area (Å²) in [7, 11) is 1.64. The van der Waals surface area contributed by atoms with Crippen LogP contribution in [0.3, 0.4) is 0 Å². The van der Waals surface area contributed by atoms with E-state index in [2.05, 4.69) is 10.6 Å². The number of carbonyl (C=O) groups excluding carboxylic acids is 2. The van der Waals surface area contributed by atoms with Gasteiger partial charge in [-0.3, -0.25) is 4.79 Å². The van der Waals surface area contributed by atoms with Gasteiger partial charge in [0.25, 0.3) is 0 Å². The van der Waals surface area contributed by atoms with Crippen LogP contribution in [0, 0.1) is 5.92 Å². The van der Waals surface area contributed by atoms with E-state index in [-0.39, 0.29) is 23.9 Å². The monoisotopic (exact) mass is 395 g/mol. The van der Waals surface area contributed by atoms with E-state index in [0.717, 1.165) is 35.4 Å². The zero-order chi connectivity index (χ0) is 20.8. The fraction of sp³-hybridized carbons (Fsp3) is 0.391. The van der Waals surface area contributed by atoms with Crippen molar-refractivity contribution < 1.29 is 14.3 Å². The standard InChI is InChI=1S/C23H29N3O3/c1-4-26(16(2)19-6-5-7-21(14-19)29-3)23(28)24-15-17-8-12-20(13-9-17)25-22(27)18-10-11-18/h5-9,12-14,16,18H,4,10-11,15H2,1-3H3,(H,24,28)(H,25,27)/t16-/m1/s1. The van der Waals surface area contributed by atoms with Gasteiger partial charge in [0.15, 0.2) is 0 Å². The van der Waals surface area contributed by atoms with Gasteiger partial charge in [0.1, 0.15) is 5.75 Å². The molecule has 0 bridgehead atoms. The number of nitrogens with one attached hydrogen (secondary N) is 2. The third-order valence-electron chi connectivity index (χ3n) is 5.26. The van der Waals surface area contributed by atoms with Crippen molar-refractivity contribution in [3.05, 3.63) is 59.7 Å². The first kappa shape index (κ1) is 20.7. The molecule has 0 saturated heterocycles. The maximum Gasteiger partial charge on any atom is 0.318 e. The van der Waals surface area contributed by atoms with Gasteiger partial charge in [-0.25, -0.2) is 4.79 Å². The summed E-state index contributed by atoms with van der Waals surface area (Å²) in [5.74, 6) is 1.05. The van der Waals surface area contributed by atoms with E-state index in [0.29, 0.717) is 13.1 Å². The number of rotatable bonds is 8. The molecule has 1 saturated carbocycles. The van der Waals surface area contributed by atoms with Crippen molar-refractivity contribution in [2.75, 3.05) is 19.0 Å². The van der Waals surface area contributed by atoms with Gasteiger partial charge in [-0.05, 0) is 62.1 Å². The van der Waals surface area contributed by atoms with Crippen LogP contribution in [0.1, 0.15) is 43.9 Å². The van der Waals surface area contributed by atoms with Crippen molar-refractivity contribution in [3.63, 3.8) is 0 Å². The van der Waals surface area contributed by atoms with Crippen LogP contribution in [0.25, 0.3) is 0 Å². The predicted molar refractivity (Wildman–Crippen MR) is 114 cm³/mol. The lowest BCUT2D eigenvalue weighted by Gasteiger charge is -2.29. The molecule has 0 radical (unpaired) electrons. The zero-order valence-corrected chi connectivity index (χ0v) is 17.3. The second-order valence-corrected chi connectivity index (χ2v) is 7.36. The Kier molecular flexibility index (Phi) is 6.75. The summed E-state index contributed by atoms with van der Waals surface area (Å²) in [6, 6.07) is 15.2. The molecule has 2 aromatic rings. The van der Waals surface area contributed by atoms with E-state index in [1.54, 1.807) is 12.0 Å². The van der Waals surface area contributed by atoms with Crippen LogP contribution in [-0.4, -0.2) is 30.5 Å². The Balaban J connectivity index is 1.55. The molecule has 1 fully saturated rings. The highest BCUT2D eigenvalue weighted by Gasteiger charge is 2.29. The maximum absolute atomic E-state index is 12.7. The molecule has 29 heavy (non-hydrogen) atoms. The number of benzene rings is 2. The van der Waals surface area contributed by atoms with E-state index in [1.165, 1.54) is 0 Å². The summed E-state index contributed by atoms with van der Waals surface area (Å²) < 4.78 is 5.29. The molecule has 1 aliphatic rings. The largest absolute Gasteiger partial charge is 0.497 e. The van der Waals surface area contributed by atoms with Gasteiger partial charge in [-0.2, -0.15) is 0 Å². The van der Waals surface area contributed by atoms with Crippen LogP contribution in [0.2, 0.25) is 0 Å². The van der Waals surface area contributed by atoms with Crippen LogP contribution in [-0.2, 0) is 11.3 Å². The Morgan fingerprint density at radius 3 is 2.52 bits per heavy atom. The number of hydrogen-bond acceptors (Lipinski definition) is 3. The number of hydrogen-bond donors (Lipinski definition) is 2. The van der Waals surface area contributed by atoms with E-state index < -0.39 is 0 Å². The highest BCUT2D eigenvalue weighted by atomic mass is 16.5. The average molecular weight is 396 g/mol. The highest BCUT2D eigenvalue weighted by Crippen LogP contribution is 2.30. The summed E-state index contributed by atoms with van der Waals surface area (Å²) in [5, 5.41) is 5.91. The topological polar surface area (TPSA) is 70.7 Å². The lowest BCUT2D eigenvalue weighted by Crippen LogP contribution is -2.41. The molecule has 3 amide bonds. The third-order valence-corrected chi connectivity index (χ3v) is 5.26. The normalized spacial score (nSPS) is 14.0. The summed E-state index contributed by atoms with van der Waals surface area (Å²) >= 11 is 0. The molecule has 1 atom stereocenters. The Morgan fingerprint density at radius 2 is 1.90 bits per heavy atom. The second kappa shape index (κ2) is 9.45. The van der Waals surface area contributed by atoms with E-state index in [9.17, 15) is 9.59 Å². The lowest BCUT2D eigenvalue weighted by molar-refractivity contribution is -0.117. The van der Waals surface area contributed by atoms with E-state index >= 15 is 0 Å². The van der Waals surface area contributed by atoms with Crippen LogP contribution >= 0.6 is 0 Å². The fourth-order valence-electron chi connectivity index (χ4n) is 3.25. The molecule has 0 aliphatic heterocycles. The molecule has 2 aromatic carbocycles. The second-order valence-electron chi connectivity index (χ2n) is 7.36. The van der Waals surface area contributed by atoms with Gasteiger partial charge in [-0.1, -0.05) is 24.3 Å². The molecule has 0 unspecified atom stereocenters. The number of anilines is 1. The van der Waals surface area contributed by atoms with Gasteiger partial charge in [-0.15, -0.1) is 0 Å². The first-order valence-corrected chi connectivity index (χ1v) is 10.1. The van der Waals surface area contributed by atoms with Gasteiger partial charge < -0.3 is 20.3 Å². The molecule has 3 rings (SSSR count). The number of urea groups is 1. The van der Waals surface area contributed by atoms with Crippen LogP contribution in [0.15, 0.2) is 48.5 Å². The summed E-state index contributed by atoms with van der Waals surface area (Å²) in [4.78, 5) is 26.4. The van der Waals surface area contributed by atoms with Crippen LogP contribution in [0.4, 0.5) is 10.5 Å². The molecular formula is C23H29N3O3. The number of ether oxygens (including phenoxy) is 1. The van der Waals surface area contributed by atoms with Crippen LogP contribution < -0.4 is 15.4 Å². The summed E-state index contributed by atoms with van der Waals surface area (Å²) in [6.07, 6.45) is 1.97. The van der Waals surface area contributed by atoms with Gasteiger partial charge in [0.2, 0.25) is 5.91 Å². The average Bonchev–Trinajstić information content (AvgIpc) is 3.59. The highest BCUT2D eigenvalue weighted by molar-refractivity contribution is 5.94. The molecule has 0 spiro atoms. The molecule has 0 heterocycles. The molecule has 6 nitrogen and oxygen atoms in total. The minimum atomic E-state index is -0.117. The van der Waals surface area contributed by atoms with Gasteiger partial charge >= 0.3 is 6.03 Å². The fourth-order valence-corrected chi connectivity index (χ4v) is 3.25. The number of amides is 3. The van der Waals surface area contributed by atoms with Gasteiger partial charge in [0, 0.05) is 24.7 Å². The zero-order valence-electron chi connectivity index (χ0n) is 17.3. The Hall–Kier alpha value is -3.02. The van der Waals surface area contributed by atoms with Crippen molar-refractivity contribution in [1.82, 2.24) is 10.2 Å². The predicted octanol–water partition coefficient (Wildman–Crippen LogP) is 4.34. The Morgan fingerprint density at radius 1 is 1.17 bits per heavy atom. The van der Waals surface area contributed by atoms with E-state index in [1.807, 2.05) is 62.4 Å². The lowest BCUT2D eigenvalue weighted by atomic mass is 10.1. The first-order chi connectivity index (χ1) is 14.0. The maximum atomic E-state index is 12.7. The first-order valence-electron chi connectivity index (χ1n) is 10.1. The SMILES string of the molecule is CCN(C(=O)NCc1ccc(NC(=O)C2CC2)cc1)[C@H](C)c1cccc(OC)c1. The minimum absolute atomic E-state index is 0.0740. The quantitative estimate of drug-likeness (QED) is 0.699. The third kappa shape index (κ3) is 5.50. The molecule has 154 valence electrons. The van der Waals surface area contributed by atoms with E-state index in [4.69, 9.17) is 4.74 Å². The van der Waals surface area contributed by atoms with Gasteiger partial charge in [0.05, 0.1) is 13.2 Å². The van der Waals surface area contributed by atoms with Crippen molar-refractivity contribution in [1.29, 1.82) is 0 Å². The molecule has 1 aliphatic carbocycles. The van der Waals surface area contributed by atoms with Crippen molar-refractivity contribution >= 4 is 17.6 Å². The smallest absolute Gasteiger partial charge is 0.318 e. The summed E-state index contributed by atoms with van der Waals surface area (Å²) in [6.45, 7) is 5.00. The van der Waals surface area contributed by atoms with Crippen molar-refractivity contribution in [2.45, 2.75) is 39.3 Å². The number of carbonyl (C=O) groups is 2. The molecule has 6 heteroatoms. The molecular weight excluding hydrogens is 366 g/mol. The van der Waals surface area contributed by atoms with Crippen molar-refractivity contribution in [3.8, 4) is 5.75 Å². The number of nitrogens with zero attached hydrogens (tertiary/aromatic N) is 1. The Bertz CT molecular complexity index is 847.